The van der Waals surface area contributed by atoms with Gasteiger partial charge in [-0.05, 0) is 25.5 Å². The molecule has 0 radical (unpaired) electrons. The highest BCUT2D eigenvalue weighted by Gasteiger charge is 2.15. The molecular formula is C9H16N2. The van der Waals surface area contributed by atoms with Gasteiger partial charge in [0.25, 0.3) is 0 Å². The SMILES string of the molecule is CN1CNC2=CCCC=C2C1.[HH]. The predicted molar refractivity (Wildman–Crippen MR) is 48.1 cm³/mol. The molecule has 11 heavy (non-hydrogen) atoms. The van der Waals surface area contributed by atoms with Crippen molar-refractivity contribution < 1.29 is 1.43 Å². The molecule has 2 heteroatoms. The average Bonchev–Trinajstić information content (AvgIpc) is 2.04. The Hall–Kier alpha value is -0.760. The van der Waals surface area contributed by atoms with Crippen LogP contribution in [0, 0.1) is 0 Å². The Morgan fingerprint density at radius 3 is 3.18 bits per heavy atom. The van der Waals surface area contributed by atoms with Gasteiger partial charge in [0, 0.05) is 13.7 Å². The Morgan fingerprint density at radius 2 is 2.27 bits per heavy atom. The highest BCUT2D eigenvalue weighted by atomic mass is 15.2. The summed E-state index contributed by atoms with van der Waals surface area (Å²) in [7, 11) is 2.14. The third kappa shape index (κ3) is 1.31. The first kappa shape index (κ1) is 6.92. The first-order chi connectivity index (χ1) is 5.36. The maximum atomic E-state index is 3.39. The van der Waals surface area contributed by atoms with Crippen LogP contribution in [0.3, 0.4) is 0 Å². The van der Waals surface area contributed by atoms with Crippen LogP contribution in [0.25, 0.3) is 0 Å². The molecule has 1 heterocycles. The van der Waals surface area contributed by atoms with Crippen LogP contribution in [0.1, 0.15) is 14.3 Å². The van der Waals surface area contributed by atoms with E-state index >= 15 is 0 Å². The summed E-state index contributed by atoms with van der Waals surface area (Å²) in [6.45, 7) is 2.10. The maximum Gasteiger partial charge on any atom is 0.0678 e. The van der Waals surface area contributed by atoms with E-state index in [0.29, 0.717) is 0 Å². The van der Waals surface area contributed by atoms with Crippen LogP contribution in [0.15, 0.2) is 23.4 Å². The molecule has 1 fully saturated rings. The monoisotopic (exact) mass is 152 g/mol. The Morgan fingerprint density at radius 1 is 1.45 bits per heavy atom. The lowest BCUT2D eigenvalue weighted by Gasteiger charge is -2.30. The zero-order valence-corrected chi connectivity index (χ0v) is 6.93. The Kier molecular flexibility index (Phi) is 1.70. The number of rotatable bonds is 0. The van der Waals surface area contributed by atoms with Gasteiger partial charge in [-0.2, -0.15) is 0 Å². The van der Waals surface area contributed by atoms with Gasteiger partial charge in [0.1, 0.15) is 0 Å². The molecule has 2 aliphatic rings. The predicted octanol–water partition coefficient (Wildman–Crippen LogP) is 1.33. The van der Waals surface area contributed by atoms with Gasteiger partial charge in [-0.3, -0.25) is 4.90 Å². The quantitative estimate of drug-likeness (QED) is 0.563. The molecule has 1 aliphatic heterocycles. The second kappa shape index (κ2) is 2.70. The van der Waals surface area contributed by atoms with Crippen molar-refractivity contribution in [2.75, 3.05) is 20.3 Å². The second-order valence-electron chi connectivity index (χ2n) is 3.27. The van der Waals surface area contributed by atoms with Crippen molar-refractivity contribution in [1.82, 2.24) is 10.2 Å². The zero-order valence-electron chi connectivity index (χ0n) is 6.93. The van der Waals surface area contributed by atoms with Gasteiger partial charge >= 0.3 is 0 Å². The summed E-state index contributed by atoms with van der Waals surface area (Å²) < 4.78 is 0. The smallest absolute Gasteiger partial charge is 0.0678 e. The van der Waals surface area contributed by atoms with Crippen molar-refractivity contribution in [1.29, 1.82) is 0 Å². The molecule has 1 aliphatic carbocycles. The van der Waals surface area contributed by atoms with Crippen molar-refractivity contribution in [2.45, 2.75) is 12.8 Å². The topological polar surface area (TPSA) is 15.3 Å². The summed E-state index contributed by atoms with van der Waals surface area (Å²) >= 11 is 0. The van der Waals surface area contributed by atoms with Crippen LogP contribution in [-0.4, -0.2) is 25.2 Å². The number of nitrogens with one attached hydrogen (secondary N) is 1. The summed E-state index contributed by atoms with van der Waals surface area (Å²) in [5, 5.41) is 3.39. The molecule has 0 atom stereocenters. The Balaban J connectivity index is 0.000000720. The second-order valence-corrected chi connectivity index (χ2v) is 3.27. The van der Waals surface area contributed by atoms with Gasteiger partial charge in [-0.15, -0.1) is 0 Å². The molecule has 62 valence electrons. The molecule has 2 nitrogen and oxygen atoms in total. The van der Waals surface area contributed by atoms with Gasteiger partial charge in [0.2, 0.25) is 0 Å². The van der Waals surface area contributed by atoms with Crippen molar-refractivity contribution >= 4 is 0 Å². The van der Waals surface area contributed by atoms with Crippen LogP contribution in [0.2, 0.25) is 0 Å². The molecule has 2 rings (SSSR count). The minimum absolute atomic E-state index is 0. The molecule has 0 aromatic heterocycles. The van der Waals surface area contributed by atoms with Gasteiger partial charge < -0.3 is 5.32 Å². The highest BCUT2D eigenvalue weighted by Crippen LogP contribution is 2.19. The molecule has 1 saturated heterocycles. The van der Waals surface area contributed by atoms with Crippen molar-refractivity contribution in [3.8, 4) is 0 Å². The first-order valence-electron chi connectivity index (χ1n) is 4.18. The Bertz CT molecular complexity index is 221. The van der Waals surface area contributed by atoms with Crippen molar-refractivity contribution in [3.05, 3.63) is 23.4 Å². The van der Waals surface area contributed by atoms with E-state index in [9.17, 15) is 0 Å². The van der Waals surface area contributed by atoms with E-state index in [0.717, 1.165) is 13.2 Å². The van der Waals surface area contributed by atoms with Crippen LogP contribution < -0.4 is 5.32 Å². The fraction of sp³-hybridized carbons (Fsp3) is 0.556. The molecule has 0 bridgehead atoms. The van der Waals surface area contributed by atoms with Crippen LogP contribution in [-0.2, 0) is 0 Å². The van der Waals surface area contributed by atoms with Crippen LogP contribution in [0.5, 0.6) is 0 Å². The largest absolute Gasteiger partial charge is 0.372 e. The van der Waals surface area contributed by atoms with Gasteiger partial charge in [-0.1, -0.05) is 12.2 Å². The van der Waals surface area contributed by atoms with Crippen LogP contribution in [0.4, 0.5) is 0 Å². The normalized spacial score (nSPS) is 24.8. The van der Waals surface area contributed by atoms with Gasteiger partial charge in [-0.25, -0.2) is 0 Å². The van der Waals surface area contributed by atoms with Crippen LogP contribution >= 0.6 is 0 Å². The molecule has 0 amide bonds. The number of hydrogen-bond acceptors (Lipinski definition) is 2. The number of allylic oxidation sites excluding steroid dienone is 2. The van der Waals surface area contributed by atoms with E-state index in [1.165, 1.54) is 24.1 Å². The van der Waals surface area contributed by atoms with E-state index in [2.05, 4.69) is 29.4 Å². The summed E-state index contributed by atoms with van der Waals surface area (Å²) in [6.07, 6.45) is 7.07. The van der Waals surface area contributed by atoms with E-state index in [4.69, 9.17) is 0 Å². The molecule has 0 aromatic carbocycles. The zero-order chi connectivity index (χ0) is 7.68. The number of hydrogen-bond donors (Lipinski definition) is 1. The summed E-state index contributed by atoms with van der Waals surface area (Å²) in [4.78, 5) is 2.29. The van der Waals surface area contributed by atoms with Gasteiger partial charge in [0.15, 0.2) is 0 Å². The first-order valence-corrected chi connectivity index (χ1v) is 4.18. The van der Waals surface area contributed by atoms with Crippen molar-refractivity contribution in [2.24, 2.45) is 0 Å². The minimum Gasteiger partial charge on any atom is -0.372 e. The molecule has 0 aromatic rings. The summed E-state index contributed by atoms with van der Waals surface area (Å²) in [5.74, 6) is 0. The van der Waals surface area contributed by atoms with E-state index in [1.54, 1.807) is 0 Å². The third-order valence-electron chi connectivity index (χ3n) is 2.23. The van der Waals surface area contributed by atoms with E-state index in [-0.39, 0.29) is 1.43 Å². The molecule has 0 unspecified atom stereocenters. The highest BCUT2D eigenvalue weighted by molar-refractivity contribution is 5.34. The molecule has 1 N–H and O–H groups in total. The Labute approximate surface area is 69.1 Å². The number of likely N-dealkylation sites (N-methyl/N-ethyl adjacent to an activating group) is 1. The third-order valence-corrected chi connectivity index (χ3v) is 2.23. The van der Waals surface area contributed by atoms with Gasteiger partial charge in [0.05, 0.1) is 6.67 Å². The van der Waals surface area contributed by atoms with E-state index < -0.39 is 0 Å². The van der Waals surface area contributed by atoms with E-state index in [1.807, 2.05) is 0 Å². The fourth-order valence-corrected chi connectivity index (χ4v) is 1.63. The number of nitrogens with zero attached hydrogens (tertiary/aromatic N) is 1. The maximum absolute atomic E-state index is 3.39. The van der Waals surface area contributed by atoms with Crippen molar-refractivity contribution in [3.63, 3.8) is 0 Å². The number of fused-ring (bicyclic) bond motifs is 1. The molecule has 0 saturated carbocycles. The summed E-state index contributed by atoms with van der Waals surface area (Å²) in [5.41, 5.74) is 2.85. The lowest BCUT2D eigenvalue weighted by Crippen LogP contribution is -2.39. The minimum atomic E-state index is 0. The lowest BCUT2D eigenvalue weighted by molar-refractivity contribution is 0.320. The lowest BCUT2D eigenvalue weighted by atomic mass is 10.0. The molecular weight excluding hydrogens is 136 g/mol. The fourth-order valence-electron chi connectivity index (χ4n) is 1.63. The average molecular weight is 152 g/mol. The standard InChI is InChI=1S/C9H14N2.H2/c1-11-6-8-4-2-3-5-9(8)10-7-11;/h4-5,10H,2-3,6-7H2,1H3;1H. The summed E-state index contributed by atoms with van der Waals surface area (Å²) in [6, 6.07) is 0. The molecule has 0 spiro atoms.